The summed E-state index contributed by atoms with van der Waals surface area (Å²) in [7, 11) is 0. The number of carbonyl (C=O) groups is 1. The van der Waals surface area contributed by atoms with Gasteiger partial charge in [0.1, 0.15) is 6.33 Å². The molecule has 4 rings (SSSR count). The van der Waals surface area contributed by atoms with Gasteiger partial charge in [0.15, 0.2) is 5.82 Å². The van der Waals surface area contributed by atoms with E-state index in [9.17, 15) is 4.79 Å². The average molecular weight is 343 g/mol. The van der Waals surface area contributed by atoms with Crippen LogP contribution in [-0.2, 0) is 22.4 Å². The average Bonchev–Trinajstić information content (AvgIpc) is 3.31. The molecule has 0 unspecified atom stereocenters. The first-order valence-corrected chi connectivity index (χ1v) is 8.61. The standard InChI is InChI=1S/C17H21N5O3/c1-11-20-16(25-21-11)4-13-9-24-15-8-22(7-14(13)15)17(23)3-2-12-5-18-10-19-6-12/h5-6,10,13-15H,2-4,7-9H2,1H3/t13-,14+,15+/m0/s1. The molecule has 0 aromatic carbocycles. The fourth-order valence-electron chi connectivity index (χ4n) is 3.73. The third-order valence-electron chi connectivity index (χ3n) is 5.04. The van der Waals surface area contributed by atoms with Gasteiger partial charge in [-0.1, -0.05) is 5.16 Å². The second-order valence-corrected chi connectivity index (χ2v) is 6.78. The Hall–Kier alpha value is -2.35. The van der Waals surface area contributed by atoms with Gasteiger partial charge in [-0.25, -0.2) is 9.97 Å². The van der Waals surface area contributed by atoms with Crippen molar-refractivity contribution in [2.75, 3.05) is 19.7 Å². The minimum absolute atomic E-state index is 0.123. The number of amides is 1. The van der Waals surface area contributed by atoms with Crippen molar-refractivity contribution in [1.29, 1.82) is 0 Å². The van der Waals surface area contributed by atoms with Gasteiger partial charge in [-0.15, -0.1) is 0 Å². The molecule has 0 spiro atoms. The highest BCUT2D eigenvalue weighted by Gasteiger charge is 2.45. The van der Waals surface area contributed by atoms with E-state index < -0.39 is 0 Å². The normalized spacial score (nSPS) is 25.3. The Bertz CT molecular complexity index is 735. The van der Waals surface area contributed by atoms with Gasteiger partial charge in [0, 0.05) is 44.2 Å². The number of ether oxygens (including phenoxy) is 1. The van der Waals surface area contributed by atoms with E-state index in [4.69, 9.17) is 9.26 Å². The van der Waals surface area contributed by atoms with Crippen molar-refractivity contribution < 1.29 is 14.1 Å². The molecular weight excluding hydrogens is 322 g/mol. The third-order valence-corrected chi connectivity index (χ3v) is 5.04. The zero-order valence-corrected chi connectivity index (χ0v) is 14.2. The zero-order valence-electron chi connectivity index (χ0n) is 14.2. The van der Waals surface area contributed by atoms with Crippen molar-refractivity contribution in [3.63, 3.8) is 0 Å². The fraction of sp³-hybridized carbons (Fsp3) is 0.588. The first-order chi connectivity index (χ1) is 12.2. The van der Waals surface area contributed by atoms with Crippen LogP contribution in [0.3, 0.4) is 0 Å². The molecule has 132 valence electrons. The smallest absolute Gasteiger partial charge is 0.227 e. The Labute approximate surface area is 145 Å². The molecule has 8 nitrogen and oxygen atoms in total. The topological polar surface area (TPSA) is 94.2 Å². The van der Waals surface area contributed by atoms with Crippen molar-refractivity contribution in [2.24, 2.45) is 11.8 Å². The van der Waals surface area contributed by atoms with Crippen LogP contribution in [-0.4, -0.2) is 56.7 Å². The van der Waals surface area contributed by atoms with Crippen molar-refractivity contribution in [3.05, 3.63) is 36.0 Å². The highest BCUT2D eigenvalue weighted by Crippen LogP contribution is 2.35. The van der Waals surface area contributed by atoms with Crippen molar-refractivity contribution in [1.82, 2.24) is 25.0 Å². The fourth-order valence-corrected chi connectivity index (χ4v) is 3.73. The summed E-state index contributed by atoms with van der Waals surface area (Å²) in [6, 6.07) is 0. The van der Waals surface area contributed by atoms with Crippen LogP contribution < -0.4 is 0 Å². The Balaban J connectivity index is 1.32. The SMILES string of the molecule is Cc1noc(C[C@H]2CO[C@@H]3CN(C(=O)CCc4cncnc4)C[C@H]23)n1. The number of hydrogen-bond donors (Lipinski definition) is 0. The quantitative estimate of drug-likeness (QED) is 0.793. The number of fused-ring (bicyclic) bond motifs is 1. The molecule has 2 aromatic heterocycles. The van der Waals surface area contributed by atoms with E-state index in [0.29, 0.717) is 56.0 Å². The number of nitrogens with zero attached hydrogens (tertiary/aromatic N) is 5. The molecule has 1 amide bonds. The molecule has 2 saturated heterocycles. The summed E-state index contributed by atoms with van der Waals surface area (Å²) >= 11 is 0. The number of rotatable bonds is 5. The molecule has 0 N–H and O–H groups in total. The Morgan fingerprint density at radius 1 is 1.32 bits per heavy atom. The van der Waals surface area contributed by atoms with Crippen LogP contribution in [0, 0.1) is 18.8 Å². The van der Waals surface area contributed by atoms with Crippen LogP contribution >= 0.6 is 0 Å². The molecule has 2 aliphatic rings. The molecule has 3 atom stereocenters. The summed E-state index contributed by atoms with van der Waals surface area (Å²) in [6.07, 6.45) is 6.98. The monoisotopic (exact) mass is 343 g/mol. The van der Waals surface area contributed by atoms with Crippen LogP contribution in [0.4, 0.5) is 0 Å². The van der Waals surface area contributed by atoms with Gasteiger partial charge in [-0.2, -0.15) is 4.98 Å². The molecule has 2 aromatic rings. The van der Waals surface area contributed by atoms with E-state index in [1.165, 1.54) is 6.33 Å². The molecule has 0 aliphatic carbocycles. The molecule has 25 heavy (non-hydrogen) atoms. The lowest BCUT2D eigenvalue weighted by molar-refractivity contribution is -0.130. The second-order valence-electron chi connectivity index (χ2n) is 6.78. The van der Waals surface area contributed by atoms with E-state index in [1.807, 2.05) is 11.8 Å². The predicted molar refractivity (Wildman–Crippen MR) is 86.4 cm³/mol. The largest absolute Gasteiger partial charge is 0.376 e. The van der Waals surface area contributed by atoms with E-state index in [1.54, 1.807) is 12.4 Å². The van der Waals surface area contributed by atoms with Gasteiger partial charge in [-0.05, 0) is 24.8 Å². The highest BCUT2D eigenvalue weighted by molar-refractivity contribution is 5.76. The van der Waals surface area contributed by atoms with Crippen molar-refractivity contribution in [2.45, 2.75) is 32.3 Å². The van der Waals surface area contributed by atoms with Crippen LogP contribution in [0.15, 0.2) is 23.2 Å². The zero-order chi connectivity index (χ0) is 17.2. The molecule has 0 saturated carbocycles. The number of carbonyl (C=O) groups excluding carboxylic acids is 1. The second kappa shape index (κ2) is 6.87. The Kier molecular flexibility index (Phi) is 4.44. The maximum atomic E-state index is 12.5. The van der Waals surface area contributed by atoms with Gasteiger partial charge in [0.2, 0.25) is 11.8 Å². The van der Waals surface area contributed by atoms with Gasteiger partial charge in [0.25, 0.3) is 0 Å². The number of aromatic nitrogens is 4. The molecule has 0 bridgehead atoms. The Morgan fingerprint density at radius 2 is 2.16 bits per heavy atom. The van der Waals surface area contributed by atoms with Crippen molar-refractivity contribution >= 4 is 5.91 Å². The predicted octanol–water partition coefficient (Wildman–Crippen LogP) is 0.817. The van der Waals surface area contributed by atoms with Crippen LogP contribution in [0.25, 0.3) is 0 Å². The minimum Gasteiger partial charge on any atom is -0.376 e. The van der Waals surface area contributed by atoms with E-state index in [2.05, 4.69) is 20.1 Å². The summed E-state index contributed by atoms with van der Waals surface area (Å²) in [5.74, 6) is 2.13. The Morgan fingerprint density at radius 3 is 2.92 bits per heavy atom. The maximum absolute atomic E-state index is 12.5. The molecule has 2 aliphatic heterocycles. The van der Waals surface area contributed by atoms with E-state index in [-0.39, 0.29) is 12.0 Å². The molecule has 0 radical (unpaired) electrons. The van der Waals surface area contributed by atoms with E-state index in [0.717, 1.165) is 12.1 Å². The highest BCUT2D eigenvalue weighted by atomic mass is 16.5. The first-order valence-electron chi connectivity index (χ1n) is 8.61. The van der Waals surface area contributed by atoms with Gasteiger partial charge in [-0.3, -0.25) is 4.79 Å². The lowest BCUT2D eigenvalue weighted by Gasteiger charge is -2.19. The van der Waals surface area contributed by atoms with E-state index >= 15 is 0 Å². The summed E-state index contributed by atoms with van der Waals surface area (Å²) in [5, 5.41) is 3.84. The van der Waals surface area contributed by atoms with Gasteiger partial charge < -0.3 is 14.2 Å². The summed E-state index contributed by atoms with van der Waals surface area (Å²) in [4.78, 5) is 26.7. The molecule has 8 heteroatoms. The van der Waals surface area contributed by atoms with Crippen LogP contribution in [0.5, 0.6) is 0 Å². The molecule has 2 fully saturated rings. The summed E-state index contributed by atoms with van der Waals surface area (Å²) < 4.78 is 11.1. The first kappa shape index (κ1) is 16.1. The lowest BCUT2D eigenvalue weighted by atomic mass is 9.90. The number of likely N-dealkylation sites (tertiary alicyclic amines) is 1. The summed E-state index contributed by atoms with van der Waals surface area (Å²) in [6.45, 7) is 3.93. The molecule has 4 heterocycles. The number of aryl methyl sites for hydroxylation is 2. The maximum Gasteiger partial charge on any atom is 0.227 e. The van der Waals surface area contributed by atoms with Gasteiger partial charge in [0.05, 0.1) is 12.7 Å². The van der Waals surface area contributed by atoms with Crippen LogP contribution in [0.1, 0.15) is 23.7 Å². The molecular formula is C17H21N5O3. The third kappa shape index (κ3) is 3.53. The number of hydrogen-bond acceptors (Lipinski definition) is 7. The van der Waals surface area contributed by atoms with Crippen molar-refractivity contribution in [3.8, 4) is 0 Å². The lowest BCUT2D eigenvalue weighted by Crippen LogP contribution is -2.31. The summed E-state index contributed by atoms with van der Waals surface area (Å²) in [5.41, 5.74) is 0.983. The minimum atomic E-state index is 0.123. The van der Waals surface area contributed by atoms with Crippen LogP contribution in [0.2, 0.25) is 0 Å². The van der Waals surface area contributed by atoms with Gasteiger partial charge >= 0.3 is 0 Å².